The molecule has 0 heterocycles. The minimum Gasteiger partial charge on any atom is -0.507 e. The predicted molar refractivity (Wildman–Crippen MR) is 159 cm³/mol. The Labute approximate surface area is 232 Å². The molecule has 4 nitrogen and oxygen atoms in total. The standard InChI is InChI=1S/C35H40O4/c1-18-9-28(15-26-13-20(3)32(36)24(7)22(26)5)34(38)30(11-18)17-31-12-19(2)10-29(35(31)39)16-27-14-21(4)33(37)25(8)23(27)6/h9-14,36-39H,15-17H2,1-8H3. The van der Waals surface area contributed by atoms with Crippen LogP contribution in [0, 0.1) is 55.4 Å². The summed E-state index contributed by atoms with van der Waals surface area (Å²) in [6.45, 7) is 15.7. The van der Waals surface area contributed by atoms with E-state index in [-0.39, 0.29) is 11.5 Å². The van der Waals surface area contributed by atoms with Crippen LogP contribution >= 0.6 is 0 Å². The lowest BCUT2D eigenvalue weighted by molar-refractivity contribution is 0.456. The highest BCUT2D eigenvalue weighted by atomic mass is 16.3. The maximum Gasteiger partial charge on any atom is 0.122 e. The molecule has 0 spiro atoms. The summed E-state index contributed by atoms with van der Waals surface area (Å²) in [5, 5.41) is 43.3. The molecule has 0 amide bonds. The monoisotopic (exact) mass is 524 g/mol. The summed E-state index contributed by atoms with van der Waals surface area (Å²) in [5.74, 6) is 1.13. The molecule has 4 aromatic carbocycles. The molecule has 0 aliphatic carbocycles. The van der Waals surface area contributed by atoms with Crippen LogP contribution in [0.1, 0.15) is 77.9 Å². The second-order valence-corrected chi connectivity index (χ2v) is 11.3. The molecule has 0 atom stereocenters. The number of aromatic hydroxyl groups is 4. The topological polar surface area (TPSA) is 80.9 Å². The molecule has 4 N–H and O–H groups in total. The number of phenols is 4. The van der Waals surface area contributed by atoms with Crippen LogP contribution in [0.2, 0.25) is 0 Å². The Morgan fingerprint density at radius 1 is 0.359 bits per heavy atom. The maximum atomic E-state index is 11.4. The summed E-state index contributed by atoms with van der Waals surface area (Å²) in [7, 11) is 0. The molecule has 4 rings (SSSR count). The predicted octanol–water partition coefficient (Wildman–Crippen LogP) is 7.75. The molecule has 4 aromatic rings. The summed E-state index contributed by atoms with van der Waals surface area (Å²) >= 11 is 0. The summed E-state index contributed by atoms with van der Waals surface area (Å²) in [6, 6.07) is 12.0. The van der Waals surface area contributed by atoms with Gasteiger partial charge in [-0.25, -0.2) is 0 Å². The van der Waals surface area contributed by atoms with Crippen molar-refractivity contribution in [2.75, 3.05) is 0 Å². The SMILES string of the molecule is Cc1cc(Cc2cc(C)c(O)c(C)c2C)c(O)c(Cc2cc(C)cc(Cc3cc(C)c(O)c(C)c3C)c2O)c1. The molecule has 0 bridgehead atoms. The first-order valence-electron chi connectivity index (χ1n) is 13.5. The van der Waals surface area contributed by atoms with Gasteiger partial charge in [0.2, 0.25) is 0 Å². The van der Waals surface area contributed by atoms with Crippen LogP contribution in [-0.2, 0) is 19.3 Å². The average molecular weight is 525 g/mol. The van der Waals surface area contributed by atoms with E-state index < -0.39 is 0 Å². The van der Waals surface area contributed by atoms with Crippen molar-refractivity contribution in [3.05, 3.63) is 114 Å². The van der Waals surface area contributed by atoms with Gasteiger partial charge in [-0.2, -0.15) is 0 Å². The Hall–Kier alpha value is -3.92. The van der Waals surface area contributed by atoms with Crippen LogP contribution in [-0.4, -0.2) is 20.4 Å². The van der Waals surface area contributed by atoms with Crippen molar-refractivity contribution in [3.63, 3.8) is 0 Å². The van der Waals surface area contributed by atoms with E-state index in [2.05, 4.69) is 0 Å². The fourth-order valence-corrected chi connectivity index (χ4v) is 5.69. The zero-order valence-electron chi connectivity index (χ0n) is 24.4. The van der Waals surface area contributed by atoms with Gasteiger partial charge in [-0.1, -0.05) is 47.5 Å². The third-order valence-corrected chi connectivity index (χ3v) is 8.29. The Morgan fingerprint density at radius 3 is 0.949 bits per heavy atom. The Bertz CT molecular complexity index is 1480. The zero-order valence-corrected chi connectivity index (χ0v) is 24.4. The molecule has 0 radical (unpaired) electrons. The van der Waals surface area contributed by atoms with Crippen LogP contribution in [0.3, 0.4) is 0 Å². The van der Waals surface area contributed by atoms with Crippen molar-refractivity contribution in [3.8, 4) is 23.0 Å². The van der Waals surface area contributed by atoms with Gasteiger partial charge >= 0.3 is 0 Å². The number of aryl methyl sites for hydroxylation is 4. The van der Waals surface area contributed by atoms with E-state index in [0.29, 0.717) is 30.8 Å². The van der Waals surface area contributed by atoms with Crippen molar-refractivity contribution in [1.29, 1.82) is 0 Å². The van der Waals surface area contributed by atoms with Crippen molar-refractivity contribution in [2.24, 2.45) is 0 Å². The lowest BCUT2D eigenvalue weighted by Crippen LogP contribution is -2.02. The van der Waals surface area contributed by atoms with Crippen molar-refractivity contribution < 1.29 is 20.4 Å². The fourth-order valence-electron chi connectivity index (χ4n) is 5.69. The van der Waals surface area contributed by atoms with Gasteiger partial charge in [-0.3, -0.25) is 0 Å². The second kappa shape index (κ2) is 10.7. The summed E-state index contributed by atoms with van der Waals surface area (Å²) < 4.78 is 0. The van der Waals surface area contributed by atoms with Crippen LogP contribution in [0.25, 0.3) is 0 Å². The maximum absolute atomic E-state index is 11.4. The van der Waals surface area contributed by atoms with E-state index in [1.54, 1.807) is 0 Å². The first-order valence-corrected chi connectivity index (χ1v) is 13.5. The van der Waals surface area contributed by atoms with E-state index in [1.165, 1.54) is 0 Å². The lowest BCUT2D eigenvalue weighted by atomic mass is 9.89. The average Bonchev–Trinajstić information content (AvgIpc) is 2.88. The first kappa shape index (κ1) is 28.1. The third kappa shape index (κ3) is 5.47. The molecule has 0 unspecified atom stereocenters. The molecular weight excluding hydrogens is 484 g/mol. The molecule has 0 aliphatic rings. The number of rotatable bonds is 6. The fraction of sp³-hybridized carbons (Fsp3) is 0.314. The highest BCUT2D eigenvalue weighted by molar-refractivity contribution is 5.56. The third-order valence-electron chi connectivity index (χ3n) is 8.29. The molecular formula is C35H40O4. The Morgan fingerprint density at radius 2 is 0.641 bits per heavy atom. The minimum absolute atomic E-state index is 0.242. The highest BCUT2D eigenvalue weighted by Gasteiger charge is 2.18. The lowest BCUT2D eigenvalue weighted by Gasteiger charge is -2.18. The first-order chi connectivity index (χ1) is 18.3. The summed E-state index contributed by atoms with van der Waals surface area (Å²) in [6.07, 6.45) is 1.51. The molecule has 4 heteroatoms. The van der Waals surface area contributed by atoms with Crippen LogP contribution in [0.4, 0.5) is 0 Å². The van der Waals surface area contributed by atoms with E-state index in [9.17, 15) is 20.4 Å². The summed E-state index contributed by atoms with van der Waals surface area (Å²) in [5.41, 5.74) is 12.9. The number of benzene rings is 4. The number of phenolic OH excluding ortho intramolecular Hbond substituents is 4. The van der Waals surface area contributed by atoms with Crippen molar-refractivity contribution in [1.82, 2.24) is 0 Å². The van der Waals surface area contributed by atoms with Gasteiger partial charge in [0, 0.05) is 19.3 Å². The highest BCUT2D eigenvalue weighted by Crippen LogP contribution is 2.36. The molecule has 204 valence electrons. The van der Waals surface area contributed by atoms with Crippen LogP contribution in [0.5, 0.6) is 23.0 Å². The van der Waals surface area contributed by atoms with Gasteiger partial charge in [0.15, 0.2) is 0 Å². The largest absolute Gasteiger partial charge is 0.507 e. The van der Waals surface area contributed by atoms with Gasteiger partial charge in [0.05, 0.1) is 0 Å². The van der Waals surface area contributed by atoms with Crippen LogP contribution < -0.4 is 0 Å². The van der Waals surface area contributed by atoms with E-state index in [4.69, 9.17) is 0 Å². The second-order valence-electron chi connectivity index (χ2n) is 11.3. The quantitative estimate of drug-likeness (QED) is 0.208. The van der Waals surface area contributed by atoms with E-state index in [0.717, 1.165) is 77.9 Å². The Kier molecular flexibility index (Phi) is 7.70. The van der Waals surface area contributed by atoms with Gasteiger partial charge in [-0.15, -0.1) is 0 Å². The molecule has 0 saturated heterocycles. The van der Waals surface area contributed by atoms with Gasteiger partial charge in [0.1, 0.15) is 23.0 Å². The van der Waals surface area contributed by atoms with Crippen molar-refractivity contribution in [2.45, 2.75) is 74.7 Å². The van der Waals surface area contributed by atoms with Crippen molar-refractivity contribution >= 4 is 0 Å². The van der Waals surface area contributed by atoms with Gasteiger partial charge in [0.25, 0.3) is 0 Å². The van der Waals surface area contributed by atoms with Gasteiger partial charge in [-0.05, 0) is 122 Å². The van der Waals surface area contributed by atoms with E-state index >= 15 is 0 Å². The van der Waals surface area contributed by atoms with Gasteiger partial charge < -0.3 is 20.4 Å². The Balaban J connectivity index is 1.71. The van der Waals surface area contributed by atoms with E-state index in [1.807, 2.05) is 91.8 Å². The molecule has 0 aliphatic heterocycles. The molecule has 0 fully saturated rings. The summed E-state index contributed by atoms with van der Waals surface area (Å²) in [4.78, 5) is 0. The molecule has 0 saturated carbocycles. The number of hydrogen-bond acceptors (Lipinski definition) is 4. The molecule has 0 aromatic heterocycles. The van der Waals surface area contributed by atoms with Crippen LogP contribution in [0.15, 0.2) is 36.4 Å². The minimum atomic E-state index is 0.242. The molecule has 39 heavy (non-hydrogen) atoms. The normalized spacial score (nSPS) is 11.3. The zero-order chi connectivity index (χ0) is 28.8. The smallest absolute Gasteiger partial charge is 0.122 e. The number of hydrogen-bond donors (Lipinski definition) is 4.